The Morgan fingerprint density at radius 2 is 0.648 bits per heavy atom. The molecule has 0 aliphatic heterocycles. The molecule has 0 unspecified atom stereocenters. The first-order chi connectivity index (χ1) is 26.7. The summed E-state index contributed by atoms with van der Waals surface area (Å²) in [7, 11) is 0. The van der Waals surface area contributed by atoms with Crippen molar-refractivity contribution in [2.75, 3.05) is 0 Å². The van der Waals surface area contributed by atoms with E-state index in [1.807, 2.05) is 73.1 Å². The molecule has 7 aromatic carbocycles. The van der Waals surface area contributed by atoms with E-state index in [1.54, 1.807) is 0 Å². The molecule has 0 saturated heterocycles. The summed E-state index contributed by atoms with van der Waals surface area (Å²) in [5, 5.41) is 2.16. The SMILES string of the molecule is c1ccc(COc2ccc(-c3ccc(-c4ccnc5c4ccc4c(-c6ccc(-c7ccc(OCc8ccccc8)cc7)cc6)ccnc45)cc3)cc2)cc1. The number of hydrogen-bond acceptors (Lipinski definition) is 4. The molecule has 0 radical (unpaired) electrons. The molecule has 9 rings (SSSR count). The Morgan fingerprint density at radius 1 is 0.315 bits per heavy atom. The Hall–Kier alpha value is -7.04. The molecule has 0 aliphatic carbocycles. The van der Waals surface area contributed by atoms with Gasteiger partial charge >= 0.3 is 0 Å². The maximum atomic E-state index is 5.99. The van der Waals surface area contributed by atoms with E-state index in [0.29, 0.717) is 13.2 Å². The average Bonchev–Trinajstić information content (AvgIpc) is 3.26. The van der Waals surface area contributed by atoms with Gasteiger partial charge in [0.15, 0.2) is 0 Å². The van der Waals surface area contributed by atoms with Crippen molar-refractivity contribution in [2.24, 2.45) is 0 Å². The van der Waals surface area contributed by atoms with Crippen molar-refractivity contribution in [1.29, 1.82) is 0 Å². The van der Waals surface area contributed by atoms with Gasteiger partial charge in [0.25, 0.3) is 0 Å². The topological polar surface area (TPSA) is 44.2 Å². The molecule has 54 heavy (non-hydrogen) atoms. The van der Waals surface area contributed by atoms with Crippen LogP contribution in [0.3, 0.4) is 0 Å². The minimum Gasteiger partial charge on any atom is -0.489 e. The highest BCUT2D eigenvalue weighted by Crippen LogP contribution is 2.36. The lowest BCUT2D eigenvalue weighted by Gasteiger charge is -2.12. The zero-order chi connectivity index (χ0) is 36.1. The molecule has 0 N–H and O–H groups in total. The van der Waals surface area contributed by atoms with E-state index in [9.17, 15) is 0 Å². The van der Waals surface area contributed by atoms with Gasteiger partial charge in [-0.1, -0.05) is 146 Å². The number of rotatable bonds is 10. The molecule has 0 spiro atoms. The molecule has 0 bridgehead atoms. The van der Waals surface area contributed by atoms with Crippen LogP contribution in [0.25, 0.3) is 66.3 Å². The number of benzene rings is 7. The van der Waals surface area contributed by atoms with Gasteiger partial charge in [0.05, 0.1) is 11.0 Å². The maximum Gasteiger partial charge on any atom is 0.119 e. The normalized spacial score (nSPS) is 11.1. The van der Waals surface area contributed by atoms with Crippen LogP contribution in [0.4, 0.5) is 0 Å². The van der Waals surface area contributed by atoms with Crippen molar-refractivity contribution in [3.8, 4) is 56.0 Å². The summed E-state index contributed by atoms with van der Waals surface area (Å²) >= 11 is 0. The molecule has 0 fully saturated rings. The number of pyridine rings is 2. The Bertz CT molecular complexity index is 2470. The summed E-state index contributed by atoms with van der Waals surface area (Å²) in [6.45, 7) is 1.10. The third kappa shape index (κ3) is 6.93. The van der Waals surface area contributed by atoms with Crippen molar-refractivity contribution in [3.63, 3.8) is 0 Å². The standard InChI is InChI=1S/C50H36N2O2/c1-3-7-35(8-4-1)33-53-43-23-19-39(20-24-43)37-11-15-41(16-12-37)45-29-31-51-49-47(45)27-28-48-46(30-32-52-50(48)49)42-17-13-38(14-18-42)40-21-25-44(26-22-40)54-34-36-9-5-2-6-10-36/h1-32H,33-34H2. The number of aromatic nitrogens is 2. The van der Waals surface area contributed by atoms with Crippen molar-refractivity contribution in [3.05, 3.63) is 206 Å². The van der Waals surface area contributed by atoms with Crippen LogP contribution in [0.2, 0.25) is 0 Å². The Kier molecular flexibility index (Phi) is 9.06. The summed E-state index contributed by atoms with van der Waals surface area (Å²) in [5.41, 5.74) is 13.2. The highest BCUT2D eigenvalue weighted by molar-refractivity contribution is 6.11. The lowest BCUT2D eigenvalue weighted by molar-refractivity contribution is 0.306. The average molecular weight is 697 g/mol. The highest BCUT2D eigenvalue weighted by atomic mass is 16.5. The molecular weight excluding hydrogens is 661 g/mol. The number of hydrogen-bond donors (Lipinski definition) is 0. The quantitative estimate of drug-likeness (QED) is 0.134. The molecule has 0 aliphatic rings. The zero-order valence-corrected chi connectivity index (χ0v) is 29.6. The van der Waals surface area contributed by atoms with Crippen LogP contribution in [0, 0.1) is 0 Å². The van der Waals surface area contributed by atoms with Gasteiger partial charge in [0, 0.05) is 23.2 Å². The first-order valence-corrected chi connectivity index (χ1v) is 18.2. The predicted molar refractivity (Wildman–Crippen MR) is 220 cm³/mol. The summed E-state index contributed by atoms with van der Waals surface area (Å²) in [6, 6.07) is 63.0. The van der Waals surface area contributed by atoms with Crippen LogP contribution in [-0.4, -0.2) is 9.97 Å². The van der Waals surface area contributed by atoms with Crippen LogP contribution in [-0.2, 0) is 13.2 Å². The third-order valence-electron chi connectivity index (χ3n) is 9.88. The Balaban J connectivity index is 0.926. The fourth-order valence-electron chi connectivity index (χ4n) is 6.98. The van der Waals surface area contributed by atoms with Crippen LogP contribution in [0.15, 0.2) is 194 Å². The van der Waals surface area contributed by atoms with E-state index in [-0.39, 0.29) is 0 Å². The van der Waals surface area contributed by atoms with Crippen molar-refractivity contribution in [1.82, 2.24) is 9.97 Å². The van der Waals surface area contributed by atoms with Crippen LogP contribution in [0.1, 0.15) is 11.1 Å². The van der Waals surface area contributed by atoms with Gasteiger partial charge in [-0.15, -0.1) is 0 Å². The van der Waals surface area contributed by atoms with Crippen molar-refractivity contribution >= 4 is 21.8 Å². The second-order valence-corrected chi connectivity index (χ2v) is 13.3. The predicted octanol–water partition coefficient (Wildman–Crippen LogP) is 12.6. The first kappa shape index (κ1) is 32.8. The molecule has 0 amide bonds. The minimum atomic E-state index is 0.552. The second kappa shape index (κ2) is 14.9. The third-order valence-corrected chi connectivity index (χ3v) is 9.88. The molecule has 9 aromatic rings. The van der Waals surface area contributed by atoms with E-state index in [2.05, 4.69) is 121 Å². The van der Waals surface area contributed by atoms with Gasteiger partial charge in [-0.3, -0.25) is 9.97 Å². The Labute approximate surface area is 315 Å². The summed E-state index contributed by atoms with van der Waals surface area (Å²) < 4.78 is 12.0. The Morgan fingerprint density at radius 3 is 1.02 bits per heavy atom. The van der Waals surface area contributed by atoms with Gasteiger partial charge in [-0.05, 0) is 92.0 Å². The number of nitrogens with zero attached hydrogens (tertiary/aromatic N) is 2. The maximum absolute atomic E-state index is 5.99. The summed E-state index contributed by atoms with van der Waals surface area (Å²) in [5.74, 6) is 1.71. The number of ether oxygens (including phenoxy) is 2. The summed E-state index contributed by atoms with van der Waals surface area (Å²) in [4.78, 5) is 9.69. The molecule has 0 saturated carbocycles. The van der Waals surface area contributed by atoms with Gasteiger partial charge in [0.2, 0.25) is 0 Å². The zero-order valence-electron chi connectivity index (χ0n) is 29.6. The van der Waals surface area contributed by atoms with Crippen LogP contribution < -0.4 is 9.47 Å². The molecule has 258 valence electrons. The van der Waals surface area contributed by atoms with Crippen molar-refractivity contribution < 1.29 is 9.47 Å². The van der Waals surface area contributed by atoms with Crippen LogP contribution in [0.5, 0.6) is 11.5 Å². The van der Waals surface area contributed by atoms with Gasteiger partial charge < -0.3 is 9.47 Å². The smallest absolute Gasteiger partial charge is 0.119 e. The van der Waals surface area contributed by atoms with Gasteiger partial charge in [-0.25, -0.2) is 0 Å². The van der Waals surface area contributed by atoms with E-state index < -0.39 is 0 Å². The van der Waals surface area contributed by atoms with Crippen LogP contribution >= 0.6 is 0 Å². The lowest BCUT2D eigenvalue weighted by Crippen LogP contribution is -1.94. The monoisotopic (exact) mass is 696 g/mol. The van der Waals surface area contributed by atoms with E-state index in [1.165, 1.54) is 0 Å². The second-order valence-electron chi connectivity index (χ2n) is 13.3. The molecule has 4 nitrogen and oxygen atoms in total. The molecule has 2 heterocycles. The fraction of sp³-hybridized carbons (Fsp3) is 0.0400. The molecule has 2 aromatic heterocycles. The minimum absolute atomic E-state index is 0.552. The largest absolute Gasteiger partial charge is 0.489 e. The van der Waals surface area contributed by atoms with E-state index >= 15 is 0 Å². The van der Waals surface area contributed by atoms with Crippen molar-refractivity contribution in [2.45, 2.75) is 13.2 Å². The first-order valence-electron chi connectivity index (χ1n) is 18.2. The number of fused-ring (bicyclic) bond motifs is 3. The van der Waals surface area contributed by atoms with Gasteiger partial charge in [0.1, 0.15) is 24.7 Å². The highest BCUT2D eigenvalue weighted by Gasteiger charge is 2.13. The fourth-order valence-corrected chi connectivity index (χ4v) is 6.98. The van der Waals surface area contributed by atoms with Gasteiger partial charge in [-0.2, -0.15) is 0 Å². The summed E-state index contributed by atoms with van der Waals surface area (Å²) in [6.07, 6.45) is 3.78. The lowest BCUT2D eigenvalue weighted by atomic mass is 9.95. The van der Waals surface area contributed by atoms with E-state index in [4.69, 9.17) is 19.4 Å². The van der Waals surface area contributed by atoms with E-state index in [0.717, 1.165) is 88.9 Å². The molecule has 0 atom stereocenters. The molecular formula is C50H36N2O2. The molecule has 4 heteroatoms.